The summed E-state index contributed by atoms with van der Waals surface area (Å²) >= 11 is 6.49. The van der Waals surface area contributed by atoms with Crippen molar-refractivity contribution in [3.8, 4) is 6.07 Å². The summed E-state index contributed by atoms with van der Waals surface area (Å²) in [5, 5.41) is 13.7. The molecule has 0 unspecified atom stereocenters. The summed E-state index contributed by atoms with van der Waals surface area (Å²) < 4.78 is 6.80. The number of rotatable bonds is 9. The minimum Gasteiger partial charge on any atom is -0.452 e. The van der Waals surface area contributed by atoms with Gasteiger partial charge < -0.3 is 9.64 Å². The molecule has 8 heteroatoms. The third-order valence-electron chi connectivity index (χ3n) is 5.10. The van der Waals surface area contributed by atoms with Crippen molar-refractivity contribution in [2.75, 3.05) is 18.1 Å². The highest BCUT2D eigenvalue weighted by Crippen LogP contribution is 2.22. The summed E-state index contributed by atoms with van der Waals surface area (Å²) in [6, 6.07) is 19.0. The molecule has 0 saturated heterocycles. The first-order valence-corrected chi connectivity index (χ1v) is 11.1. The van der Waals surface area contributed by atoms with Gasteiger partial charge in [-0.1, -0.05) is 59.6 Å². The van der Waals surface area contributed by atoms with Gasteiger partial charge in [0.05, 0.1) is 24.7 Å². The van der Waals surface area contributed by atoms with Gasteiger partial charge in [-0.25, -0.2) is 9.48 Å². The van der Waals surface area contributed by atoms with Gasteiger partial charge in [-0.05, 0) is 37.6 Å². The topological polar surface area (TPSA) is 88.2 Å². The molecule has 1 amide bonds. The summed E-state index contributed by atoms with van der Waals surface area (Å²) in [7, 11) is 0. The minimum atomic E-state index is -0.677. The SMILES string of the molecule is Cc1ccc(Cn2nc(C)c(/C=C/C(=O)OCC(=O)N(CCC#N)c3ccccc3)c2Cl)cc1. The van der Waals surface area contributed by atoms with Crippen LogP contribution in [0, 0.1) is 25.2 Å². The standard InChI is InChI=1S/C26H25ClN4O3/c1-19-9-11-21(12-10-19)17-31-26(27)23(20(2)29-31)13-14-25(33)34-18-24(32)30(16-6-15-28)22-7-4-3-5-8-22/h3-5,7-14H,6,16-18H2,1-2H3/b14-13+. The van der Waals surface area contributed by atoms with E-state index >= 15 is 0 Å². The van der Waals surface area contributed by atoms with Crippen molar-refractivity contribution in [3.63, 3.8) is 0 Å². The predicted octanol–water partition coefficient (Wildman–Crippen LogP) is 4.70. The van der Waals surface area contributed by atoms with E-state index < -0.39 is 18.5 Å². The summed E-state index contributed by atoms with van der Waals surface area (Å²) in [6.07, 6.45) is 2.92. The Morgan fingerprint density at radius 3 is 2.53 bits per heavy atom. The number of carbonyl (C=O) groups excluding carboxylic acids is 2. The highest BCUT2D eigenvalue weighted by Gasteiger charge is 2.17. The molecular formula is C26H25ClN4O3. The number of aromatic nitrogens is 2. The fourth-order valence-corrected chi connectivity index (χ4v) is 3.60. The van der Waals surface area contributed by atoms with Crippen LogP contribution in [0.1, 0.15) is 28.8 Å². The molecule has 3 aromatic rings. The maximum atomic E-state index is 12.6. The normalized spacial score (nSPS) is 10.8. The molecule has 0 aliphatic carbocycles. The molecular weight excluding hydrogens is 452 g/mol. The fourth-order valence-electron chi connectivity index (χ4n) is 3.31. The third-order valence-corrected chi connectivity index (χ3v) is 5.50. The van der Waals surface area contributed by atoms with E-state index in [9.17, 15) is 9.59 Å². The van der Waals surface area contributed by atoms with E-state index in [1.807, 2.05) is 43.3 Å². The Labute approximate surface area is 203 Å². The molecule has 1 heterocycles. The van der Waals surface area contributed by atoms with Gasteiger partial charge in [0, 0.05) is 23.9 Å². The number of halogens is 1. The van der Waals surface area contributed by atoms with E-state index in [2.05, 4.69) is 5.10 Å². The second-order valence-electron chi connectivity index (χ2n) is 7.66. The smallest absolute Gasteiger partial charge is 0.331 e. The molecule has 2 aromatic carbocycles. The van der Waals surface area contributed by atoms with E-state index in [-0.39, 0.29) is 13.0 Å². The first-order valence-electron chi connectivity index (χ1n) is 10.7. The second-order valence-corrected chi connectivity index (χ2v) is 8.02. The zero-order chi connectivity index (χ0) is 24.5. The minimum absolute atomic E-state index is 0.166. The lowest BCUT2D eigenvalue weighted by molar-refractivity contribution is -0.142. The van der Waals surface area contributed by atoms with Gasteiger partial charge in [-0.15, -0.1) is 0 Å². The molecule has 34 heavy (non-hydrogen) atoms. The first kappa shape index (κ1) is 24.7. The van der Waals surface area contributed by atoms with Crippen molar-refractivity contribution in [2.45, 2.75) is 26.8 Å². The molecule has 0 bridgehead atoms. The van der Waals surface area contributed by atoms with Gasteiger partial charge in [-0.3, -0.25) is 4.79 Å². The maximum Gasteiger partial charge on any atom is 0.331 e. The number of ether oxygens (including phenoxy) is 1. The average Bonchev–Trinajstić information content (AvgIpc) is 3.10. The van der Waals surface area contributed by atoms with Crippen LogP contribution in [0.3, 0.4) is 0 Å². The maximum absolute atomic E-state index is 12.6. The van der Waals surface area contributed by atoms with Crippen LogP contribution in [0.25, 0.3) is 6.08 Å². The summed E-state index contributed by atoms with van der Waals surface area (Å²) in [5.74, 6) is -1.09. The van der Waals surface area contributed by atoms with Crippen LogP contribution in [0.5, 0.6) is 0 Å². The highest BCUT2D eigenvalue weighted by atomic mass is 35.5. The number of benzene rings is 2. The number of nitriles is 1. The van der Waals surface area contributed by atoms with E-state index in [0.717, 1.165) is 5.56 Å². The van der Waals surface area contributed by atoms with Crippen molar-refractivity contribution in [2.24, 2.45) is 0 Å². The van der Waals surface area contributed by atoms with E-state index in [4.69, 9.17) is 21.6 Å². The number of amides is 1. The lowest BCUT2D eigenvalue weighted by Crippen LogP contribution is -2.35. The molecule has 0 aliphatic heterocycles. The van der Waals surface area contributed by atoms with Gasteiger partial charge in [0.2, 0.25) is 0 Å². The van der Waals surface area contributed by atoms with Crippen molar-refractivity contribution < 1.29 is 14.3 Å². The van der Waals surface area contributed by atoms with Crippen molar-refractivity contribution in [3.05, 3.63) is 88.2 Å². The molecule has 0 spiro atoms. The number of hydrogen-bond acceptors (Lipinski definition) is 5. The number of anilines is 1. The summed E-state index contributed by atoms with van der Waals surface area (Å²) in [5.41, 5.74) is 4.14. The van der Waals surface area contributed by atoms with E-state index in [1.54, 1.807) is 35.9 Å². The molecule has 0 saturated carbocycles. The lowest BCUT2D eigenvalue weighted by Gasteiger charge is -2.21. The number of nitrogens with zero attached hydrogens (tertiary/aromatic N) is 4. The second kappa shape index (κ2) is 11.8. The average molecular weight is 477 g/mol. The van der Waals surface area contributed by atoms with Crippen LogP contribution in [-0.4, -0.2) is 34.8 Å². The summed E-state index contributed by atoms with van der Waals surface area (Å²) in [4.78, 5) is 26.3. The molecule has 0 atom stereocenters. The molecule has 3 rings (SSSR count). The largest absolute Gasteiger partial charge is 0.452 e. The van der Waals surface area contributed by atoms with Gasteiger partial charge >= 0.3 is 5.97 Å². The molecule has 0 radical (unpaired) electrons. The Morgan fingerprint density at radius 2 is 1.85 bits per heavy atom. The van der Waals surface area contributed by atoms with Crippen LogP contribution in [0.4, 0.5) is 5.69 Å². The quantitative estimate of drug-likeness (QED) is 0.330. The number of para-hydroxylation sites is 1. The summed E-state index contributed by atoms with van der Waals surface area (Å²) in [6.45, 7) is 4.10. The zero-order valence-corrected chi connectivity index (χ0v) is 19.8. The number of aryl methyl sites for hydroxylation is 2. The van der Waals surface area contributed by atoms with Crippen LogP contribution in [-0.2, 0) is 20.9 Å². The number of hydrogen-bond donors (Lipinski definition) is 0. The van der Waals surface area contributed by atoms with Crippen molar-refractivity contribution in [1.82, 2.24) is 9.78 Å². The molecule has 7 nitrogen and oxygen atoms in total. The Bertz CT molecular complexity index is 1210. The monoisotopic (exact) mass is 476 g/mol. The first-order chi connectivity index (χ1) is 16.4. The van der Waals surface area contributed by atoms with Crippen LogP contribution in [0.2, 0.25) is 5.15 Å². The van der Waals surface area contributed by atoms with Gasteiger partial charge in [0.25, 0.3) is 5.91 Å². The van der Waals surface area contributed by atoms with Crippen molar-refractivity contribution >= 4 is 35.2 Å². The van der Waals surface area contributed by atoms with E-state index in [1.165, 1.54) is 22.6 Å². The van der Waals surface area contributed by atoms with Crippen LogP contribution >= 0.6 is 11.6 Å². The highest BCUT2D eigenvalue weighted by molar-refractivity contribution is 6.31. The van der Waals surface area contributed by atoms with Crippen LogP contribution in [0.15, 0.2) is 60.7 Å². The van der Waals surface area contributed by atoms with E-state index in [0.29, 0.717) is 28.6 Å². The zero-order valence-electron chi connectivity index (χ0n) is 19.1. The number of esters is 1. The fraction of sp³-hybridized carbons (Fsp3) is 0.231. The Balaban J connectivity index is 1.62. The van der Waals surface area contributed by atoms with Gasteiger partial charge in [0.1, 0.15) is 5.15 Å². The third kappa shape index (κ3) is 6.56. The number of carbonyl (C=O) groups is 2. The molecule has 1 aromatic heterocycles. The predicted molar refractivity (Wildman–Crippen MR) is 131 cm³/mol. The Morgan fingerprint density at radius 1 is 1.15 bits per heavy atom. The van der Waals surface area contributed by atoms with Gasteiger partial charge in [0.15, 0.2) is 6.61 Å². The molecule has 0 N–H and O–H groups in total. The lowest BCUT2D eigenvalue weighted by atomic mass is 10.1. The molecule has 0 aliphatic rings. The molecule has 0 fully saturated rings. The van der Waals surface area contributed by atoms with Gasteiger partial charge in [-0.2, -0.15) is 10.4 Å². The Hall–Kier alpha value is -3.89. The molecule has 174 valence electrons. The van der Waals surface area contributed by atoms with Crippen molar-refractivity contribution in [1.29, 1.82) is 5.26 Å². The Kier molecular flexibility index (Phi) is 8.60. The van der Waals surface area contributed by atoms with Crippen LogP contribution < -0.4 is 4.90 Å².